The van der Waals surface area contributed by atoms with Crippen molar-refractivity contribution in [2.45, 2.75) is 30.5 Å². The van der Waals surface area contributed by atoms with Gasteiger partial charge in [-0.3, -0.25) is 9.36 Å². The maximum atomic E-state index is 13.5. The van der Waals surface area contributed by atoms with Crippen molar-refractivity contribution in [3.05, 3.63) is 183 Å². The summed E-state index contributed by atoms with van der Waals surface area (Å²) in [5, 5.41) is 3.15. The molecule has 0 saturated carbocycles. The summed E-state index contributed by atoms with van der Waals surface area (Å²) < 4.78 is 50.9. The molecule has 1 aromatic heterocycles. The van der Waals surface area contributed by atoms with Gasteiger partial charge in [0.2, 0.25) is 0 Å². The average molecular weight is 807 g/mol. The van der Waals surface area contributed by atoms with E-state index in [9.17, 15) is 14.2 Å². The highest BCUT2D eigenvalue weighted by atomic mass is 35.5. The predicted molar refractivity (Wildman–Crippen MR) is 214 cm³/mol. The number of rotatable bonds is 15. The molecule has 2 heterocycles. The van der Waals surface area contributed by atoms with Crippen LogP contribution in [0, 0.1) is 0 Å². The van der Waals surface area contributed by atoms with Gasteiger partial charge in [0.25, 0.3) is 5.91 Å². The first-order valence-corrected chi connectivity index (χ1v) is 19.4. The Bertz CT molecular complexity index is 2300. The van der Waals surface area contributed by atoms with Gasteiger partial charge in [0.1, 0.15) is 41.4 Å². The Labute approximate surface area is 334 Å². The third-order valence-electron chi connectivity index (χ3n) is 9.45. The second-order valence-corrected chi connectivity index (χ2v) is 14.2. The standard InChI is InChI=1S/C43H37ClN3O9P/c1-51-34-19-13-31(14-20-34)43(30-11-7-4-8-12-30,32-15-21-35(52-2)22-16-32)53-28-38-37(56-57(50)55-36-23-17-33(44)18-24-36)27-40(54-38)47-26-25-39(46-42(47)49)45-41(48)29-9-5-3-6-10-29/h3-26,37-38,40H,27-28H2,1-2H3/p+1/t37-,38+,40+/m0/s1. The number of methoxy groups -OCH3 is 2. The highest BCUT2D eigenvalue weighted by Gasteiger charge is 2.47. The number of aromatic nitrogens is 2. The molecule has 0 radical (unpaired) electrons. The fourth-order valence-electron chi connectivity index (χ4n) is 6.61. The first kappa shape index (κ1) is 39.4. The second-order valence-electron chi connectivity index (χ2n) is 12.9. The smallest absolute Gasteiger partial charge is 0.497 e. The summed E-state index contributed by atoms with van der Waals surface area (Å²) in [4.78, 5) is 30.3. The minimum Gasteiger partial charge on any atom is -0.497 e. The van der Waals surface area contributed by atoms with Gasteiger partial charge in [0.15, 0.2) is 5.75 Å². The molecular formula is C43H38ClN3O9P+. The monoisotopic (exact) mass is 806 g/mol. The van der Waals surface area contributed by atoms with Crippen molar-refractivity contribution < 1.29 is 37.4 Å². The van der Waals surface area contributed by atoms with E-state index < -0.39 is 43.9 Å². The van der Waals surface area contributed by atoms with Crippen LogP contribution in [0.4, 0.5) is 5.82 Å². The van der Waals surface area contributed by atoms with Crippen LogP contribution in [-0.4, -0.2) is 48.5 Å². The Hall–Kier alpha value is -5.88. The lowest BCUT2D eigenvalue weighted by Gasteiger charge is -2.37. The third-order valence-corrected chi connectivity index (χ3v) is 10.5. The summed E-state index contributed by atoms with van der Waals surface area (Å²) in [6, 6.07) is 41.4. The van der Waals surface area contributed by atoms with Gasteiger partial charge in [-0.1, -0.05) is 84.4 Å². The van der Waals surface area contributed by atoms with Gasteiger partial charge >= 0.3 is 13.9 Å². The van der Waals surface area contributed by atoms with Crippen LogP contribution < -0.4 is 25.0 Å². The molecular weight excluding hydrogens is 769 g/mol. The summed E-state index contributed by atoms with van der Waals surface area (Å²) in [5.74, 6) is 1.28. The van der Waals surface area contributed by atoms with Crippen LogP contribution in [0.1, 0.15) is 39.7 Å². The summed E-state index contributed by atoms with van der Waals surface area (Å²) in [7, 11) is 0.477. The molecule has 12 nitrogen and oxygen atoms in total. The molecule has 7 rings (SSSR count). The van der Waals surface area contributed by atoms with Crippen LogP contribution in [0.15, 0.2) is 151 Å². The molecule has 1 saturated heterocycles. The summed E-state index contributed by atoms with van der Waals surface area (Å²) in [6.07, 6.45) is -1.09. The van der Waals surface area contributed by atoms with Crippen molar-refractivity contribution in [1.82, 2.24) is 9.55 Å². The number of ether oxygens (including phenoxy) is 4. The highest BCUT2D eigenvalue weighted by molar-refractivity contribution is 7.33. The maximum absolute atomic E-state index is 13.5. The summed E-state index contributed by atoms with van der Waals surface area (Å²) in [5.41, 5.74) is 0.928. The van der Waals surface area contributed by atoms with Crippen LogP contribution in [0.2, 0.25) is 5.02 Å². The Morgan fingerprint density at radius 2 is 1.37 bits per heavy atom. The fraction of sp³-hybridized carbons (Fsp3) is 0.186. The molecule has 1 unspecified atom stereocenters. The molecule has 57 heavy (non-hydrogen) atoms. The summed E-state index contributed by atoms with van der Waals surface area (Å²) in [6.45, 7) is -0.0916. The van der Waals surface area contributed by atoms with Crippen LogP contribution in [0.25, 0.3) is 0 Å². The highest BCUT2D eigenvalue weighted by Crippen LogP contribution is 2.44. The molecule has 0 aliphatic carbocycles. The molecule has 1 N–H and O–H groups in total. The Morgan fingerprint density at radius 1 is 0.807 bits per heavy atom. The molecule has 5 aromatic carbocycles. The molecule has 6 aromatic rings. The summed E-state index contributed by atoms with van der Waals surface area (Å²) >= 11 is 6.03. The van der Waals surface area contributed by atoms with E-state index in [4.69, 9.17) is 39.6 Å². The molecule has 290 valence electrons. The van der Waals surface area contributed by atoms with Gasteiger partial charge in [-0.25, -0.2) is 9.32 Å². The van der Waals surface area contributed by atoms with Crippen LogP contribution in [-0.2, 0) is 24.2 Å². The van der Waals surface area contributed by atoms with Crippen molar-refractivity contribution in [3.63, 3.8) is 0 Å². The first-order chi connectivity index (χ1) is 27.7. The lowest BCUT2D eigenvalue weighted by atomic mass is 9.80. The number of amides is 1. The van der Waals surface area contributed by atoms with Crippen molar-refractivity contribution in [1.29, 1.82) is 0 Å². The normalized spacial score (nSPS) is 16.8. The number of carbonyl (C=O) groups is 1. The number of hydrogen-bond acceptors (Lipinski definition) is 10. The van der Waals surface area contributed by atoms with Crippen molar-refractivity contribution >= 4 is 31.6 Å². The first-order valence-electron chi connectivity index (χ1n) is 17.9. The van der Waals surface area contributed by atoms with E-state index in [0.717, 1.165) is 16.7 Å². The van der Waals surface area contributed by atoms with E-state index in [1.165, 1.54) is 16.8 Å². The Morgan fingerprint density at radius 3 is 1.95 bits per heavy atom. The Kier molecular flexibility index (Phi) is 12.4. The van der Waals surface area contributed by atoms with Crippen LogP contribution in [0.5, 0.6) is 17.2 Å². The number of anilines is 1. The van der Waals surface area contributed by atoms with Gasteiger partial charge < -0.3 is 24.3 Å². The van der Waals surface area contributed by atoms with Gasteiger partial charge in [0.05, 0.1) is 20.8 Å². The lowest BCUT2D eigenvalue weighted by Crippen LogP contribution is -2.38. The number of nitrogens with one attached hydrogen (secondary N) is 1. The molecule has 0 spiro atoms. The molecule has 4 atom stereocenters. The molecule has 1 amide bonds. The van der Waals surface area contributed by atoms with E-state index in [-0.39, 0.29) is 18.8 Å². The van der Waals surface area contributed by atoms with Gasteiger partial charge in [-0.15, -0.1) is 4.52 Å². The quantitative estimate of drug-likeness (QED) is 0.0794. The van der Waals surface area contributed by atoms with E-state index >= 15 is 0 Å². The van der Waals surface area contributed by atoms with Gasteiger partial charge in [-0.05, 0) is 83.4 Å². The van der Waals surface area contributed by atoms with Crippen LogP contribution in [0.3, 0.4) is 0 Å². The largest absolute Gasteiger partial charge is 0.750 e. The molecule has 1 aliphatic heterocycles. The third kappa shape index (κ3) is 9.07. The number of nitrogens with zero attached hydrogens (tertiary/aromatic N) is 2. The molecule has 0 bridgehead atoms. The predicted octanol–water partition coefficient (Wildman–Crippen LogP) is 8.58. The minimum atomic E-state index is -2.73. The number of carbonyl (C=O) groups excluding carboxylic acids is 1. The van der Waals surface area contributed by atoms with E-state index in [2.05, 4.69) is 10.3 Å². The topological polar surface area (TPSA) is 136 Å². The minimum absolute atomic E-state index is 0.0712. The molecule has 14 heteroatoms. The lowest BCUT2D eigenvalue weighted by molar-refractivity contribution is -0.0916. The van der Waals surface area contributed by atoms with Crippen molar-refractivity contribution in [2.24, 2.45) is 0 Å². The number of hydrogen-bond donors (Lipinski definition) is 1. The zero-order chi connectivity index (χ0) is 39.8. The van der Waals surface area contributed by atoms with Crippen molar-refractivity contribution in [2.75, 3.05) is 26.1 Å². The maximum Gasteiger partial charge on any atom is 0.750 e. The molecule has 1 fully saturated rings. The zero-order valence-electron chi connectivity index (χ0n) is 30.9. The van der Waals surface area contributed by atoms with Gasteiger partial charge in [0, 0.05) is 27.8 Å². The number of benzene rings is 5. The average Bonchev–Trinajstić information content (AvgIpc) is 3.64. The van der Waals surface area contributed by atoms with Crippen molar-refractivity contribution in [3.8, 4) is 17.2 Å². The van der Waals surface area contributed by atoms with Gasteiger partial charge in [-0.2, -0.15) is 4.98 Å². The second kappa shape index (κ2) is 17.9. The number of halogens is 1. The zero-order valence-corrected chi connectivity index (χ0v) is 32.5. The van der Waals surface area contributed by atoms with E-state index in [0.29, 0.717) is 27.8 Å². The fourth-order valence-corrected chi connectivity index (χ4v) is 7.51. The van der Waals surface area contributed by atoms with E-state index in [1.54, 1.807) is 68.8 Å². The molecule has 1 aliphatic rings. The SMILES string of the molecule is COc1ccc(C(OC[C@H]2O[C@@H](n3ccc(NC(=O)c4ccccc4)nc3=O)C[C@@H]2O[P+](=O)Oc2ccc(Cl)cc2)(c2ccccc2)c2ccc(OC)cc2)cc1. The van der Waals surface area contributed by atoms with E-state index in [1.807, 2.05) is 78.9 Å². The van der Waals surface area contributed by atoms with Crippen LogP contribution >= 0.6 is 19.9 Å². The Balaban J connectivity index is 1.21.